The zero-order valence-electron chi connectivity index (χ0n) is 13.7. The monoisotopic (exact) mass is 327 g/mol. The Morgan fingerprint density at radius 2 is 2.17 bits per heavy atom. The number of hydrogen-bond acceptors (Lipinski definition) is 6. The maximum Gasteiger partial charge on any atom is 0.248 e. The largest absolute Gasteiger partial charge is 0.375 e. The van der Waals surface area contributed by atoms with Crippen molar-refractivity contribution >= 4 is 17.5 Å². The average molecular weight is 327 g/mol. The molecule has 0 aliphatic carbocycles. The average Bonchev–Trinajstić information content (AvgIpc) is 2.63. The molecule has 1 amide bonds. The van der Waals surface area contributed by atoms with E-state index in [0.717, 1.165) is 30.9 Å². The van der Waals surface area contributed by atoms with Crippen LogP contribution in [-0.2, 0) is 9.53 Å². The molecule has 1 unspecified atom stereocenters. The number of ether oxygens (including phenoxy) is 1. The van der Waals surface area contributed by atoms with Crippen LogP contribution in [0.15, 0.2) is 36.8 Å². The minimum Gasteiger partial charge on any atom is -0.375 e. The van der Waals surface area contributed by atoms with Crippen molar-refractivity contribution in [1.29, 1.82) is 0 Å². The number of carbonyl (C=O) groups excluding carboxylic acids is 1. The van der Waals surface area contributed by atoms with E-state index in [2.05, 4.69) is 20.3 Å². The van der Waals surface area contributed by atoms with Gasteiger partial charge < -0.3 is 15.0 Å². The Morgan fingerprint density at radius 1 is 1.29 bits per heavy atom. The third-order valence-corrected chi connectivity index (χ3v) is 4.07. The number of anilines is 2. The summed E-state index contributed by atoms with van der Waals surface area (Å²) in [6.07, 6.45) is 7.00. The van der Waals surface area contributed by atoms with Crippen LogP contribution in [0.4, 0.5) is 11.6 Å². The fourth-order valence-electron chi connectivity index (χ4n) is 2.94. The zero-order valence-corrected chi connectivity index (χ0v) is 13.7. The van der Waals surface area contributed by atoms with Crippen LogP contribution in [-0.4, -0.2) is 52.6 Å². The molecule has 126 valence electrons. The molecule has 7 heteroatoms. The van der Waals surface area contributed by atoms with E-state index in [1.165, 1.54) is 7.11 Å². The lowest BCUT2D eigenvalue weighted by Crippen LogP contribution is -2.41. The maximum atomic E-state index is 12.1. The lowest BCUT2D eigenvalue weighted by Gasteiger charge is -2.32. The highest BCUT2D eigenvalue weighted by Gasteiger charge is 2.27. The van der Waals surface area contributed by atoms with E-state index >= 15 is 0 Å². The van der Waals surface area contributed by atoms with Gasteiger partial charge in [-0.2, -0.15) is 0 Å². The molecule has 1 aliphatic rings. The van der Waals surface area contributed by atoms with Gasteiger partial charge in [-0.1, -0.05) is 6.07 Å². The summed E-state index contributed by atoms with van der Waals surface area (Å²) in [5.41, 5.74) is 0.873. The van der Waals surface area contributed by atoms with Crippen molar-refractivity contribution in [2.24, 2.45) is 0 Å². The molecule has 0 bridgehead atoms. The Balaban J connectivity index is 1.77. The topological polar surface area (TPSA) is 80.2 Å². The molecule has 1 saturated heterocycles. The maximum absolute atomic E-state index is 12.1. The fourth-order valence-corrected chi connectivity index (χ4v) is 2.94. The van der Waals surface area contributed by atoms with Crippen molar-refractivity contribution in [2.45, 2.75) is 18.8 Å². The predicted octanol–water partition coefficient (Wildman–Crippen LogP) is 1.97. The summed E-state index contributed by atoms with van der Waals surface area (Å²) >= 11 is 0. The standard InChI is InChI=1S/C17H21N5O2/c1-24-12-15(23)22-10-4-5-13(11-22)16-17(20-9-8-19-16)21-14-6-2-3-7-18-14/h2-3,6-9,13H,4-5,10-12H2,1H3,(H,18,20,21). The van der Waals surface area contributed by atoms with Gasteiger partial charge in [-0.15, -0.1) is 0 Å². The minimum atomic E-state index is 0.0188. The number of amides is 1. The fraction of sp³-hybridized carbons (Fsp3) is 0.412. The van der Waals surface area contributed by atoms with Crippen LogP contribution in [0.2, 0.25) is 0 Å². The summed E-state index contributed by atoms with van der Waals surface area (Å²) in [6, 6.07) is 5.66. The normalized spacial score (nSPS) is 17.5. The lowest BCUT2D eigenvalue weighted by atomic mass is 9.94. The number of carbonyl (C=O) groups is 1. The summed E-state index contributed by atoms with van der Waals surface area (Å²) in [7, 11) is 1.54. The first-order valence-corrected chi connectivity index (χ1v) is 8.03. The third kappa shape index (κ3) is 3.86. The molecule has 0 saturated carbocycles. The van der Waals surface area contributed by atoms with Crippen LogP contribution >= 0.6 is 0 Å². The second-order valence-corrected chi connectivity index (χ2v) is 5.74. The molecular formula is C17H21N5O2. The van der Waals surface area contributed by atoms with Crippen molar-refractivity contribution in [2.75, 3.05) is 32.1 Å². The highest BCUT2D eigenvalue weighted by Crippen LogP contribution is 2.30. The van der Waals surface area contributed by atoms with Gasteiger partial charge >= 0.3 is 0 Å². The number of likely N-dealkylation sites (tertiary alicyclic amines) is 1. The molecular weight excluding hydrogens is 306 g/mol. The number of methoxy groups -OCH3 is 1. The Labute approximate surface area is 141 Å². The number of pyridine rings is 1. The Bertz CT molecular complexity index is 680. The van der Waals surface area contributed by atoms with Gasteiger partial charge in [0.15, 0.2) is 5.82 Å². The highest BCUT2D eigenvalue weighted by molar-refractivity contribution is 5.77. The summed E-state index contributed by atoms with van der Waals surface area (Å²) < 4.78 is 4.96. The molecule has 0 radical (unpaired) electrons. The highest BCUT2D eigenvalue weighted by atomic mass is 16.5. The van der Waals surface area contributed by atoms with Gasteiger partial charge in [0.05, 0.1) is 5.69 Å². The quantitative estimate of drug-likeness (QED) is 0.904. The first-order valence-electron chi connectivity index (χ1n) is 8.03. The van der Waals surface area contributed by atoms with Gasteiger partial charge in [0.2, 0.25) is 5.91 Å². The summed E-state index contributed by atoms with van der Waals surface area (Å²) in [4.78, 5) is 27.1. The summed E-state index contributed by atoms with van der Waals surface area (Å²) in [5.74, 6) is 1.59. The summed E-state index contributed by atoms with van der Waals surface area (Å²) in [5, 5.41) is 3.23. The van der Waals surface area contributed by atoms with E-state index < -0.39 is 0 Å². The summed E-state index contributed by atoms with van der Waals surface area (Å²) in [6.45, 7) is 1.52. The molecule has 0 spiro atoms. The SMILES string of the molecule is COCC(=O)N1CCCC(c2nccnc2Nc2ccccn2)C1. The van der Waals surface area contributed by atoms with Gasteiger partial charge in [0, 0.05) is 44.7 Å². The molecule has 1 N–H and O–H groups in total. The minimum absolute atomic E-state index is 0.0188. The molecule has 2 aromatic heterocycles. The molecule has 1 fully saturated rings. The third-order valence-electron chi connectivity index (χ3n) is 4.07. The van der Waals surface area contributed by atoms with Crippen molar-refractivity contribution in [3.05, 3.63) is 42.5 Å². The first-order chi connectivity index (χ1) is 11.8. The van der Waals surface area contributed by atoms with Gasteiger partial charge in [0.25, 0.3) is 0 Å². The number of piperidine rings is 1. The van der Waals surface area contributed by atoms with Crippen LogP contribution in [0, 0.1) is 0 Å². The van der Waals surface area contributed by atoms with Crippen molar-refractivity contribution in [3.8, 4) is 0 Å². The van der Waals surface area contributed by atoms with Crippen molar-refractivity contribution in [1.82, 2.24) is 19.9 Å². The van der Waals surface area contributed by atoms with Crippen LogP contribution < -0.4 is 5.32 Å². The van der Waals surface area contributed by atoms with Gasteiger partial charge in [-0.25, -0.2) is 9.97 Å². The Kier molecular flexibility index (Phi) is 5.32. The van der Waals surface area contributed by atoms with Crippen LogP contribution in [0.25, 0.3) is 0 Å². The van der Waals surface area contributed by atoms with Crippen molar-refractivity contribution < 1.29 is 9.53 Å². The number of aromatic nitrogens is 3. The molecule has 24 heavy (non-hydrogen) atoms. The molecule has 3 rings (SSSR count). The van der Waals surface area contributed by atoms with Crippen LogP contribution in [0.5, 0.6) is 0 Å². The second kappa shape index (κ2) is 7.83. The van der Waals surface area contributed by atoms with Crippen LogP contribution in [0.1, 0.15) is 24.5 Å². The molecule has 1 aliphatic heterocycles. The molecule has 1 atom stereocenters. The van der Waals surface area contributed by atoms with E-state index in [9.17, 15) is 4.79 Å². The molecule has 0 aromatic carbocycles. The molecule has 2 aromatic rings. The molecule has 7 nitrogen and oxygen atoms in total. The first kappa shape index (κ1) is 16.3. The van der Waals surface area contributed by atoms with E-state index in [1.807, 2.05) is 23.1 Å². The molecule has 3 heterocycles. The van der Waals surface area contributed by atoms with E-state index in [1.54, 1.807) is 18.6 Å². The van der Waals surface area contributed by atoms with Gasteiger partial charge in [-0.3, -0.25) is 9.78 Å². The second-order valence-electron chi connectivity index (χ2n) is 5.74. The zero-order chi connectivity index (χ0) is 16.8. The smallest absolute Gasteiger partial charge is 0.248 e. The van der Waals surface area contributed by atoms with Crippen molar-refractivity contribution in [3.63, 3.8) is 0 Å². The number of hydrogen-bond donors (Lipinski definition) is 1. The lowest BCUT2D eigenvalue weighted by molar-refractivity contribution is -0.136. The Morgan fingerprint density at radius 3 is 2.96 bits per heavy atom. The predicted molar refractivity (Wildman–Crippen MR) is 90.0 cm³/mol. The van der Waals surface area contributed by atoms with E-state index in [0.29, 0.717) is 12.4 Å². The number of nitrogens with one attached hydrogen (secondary N) is 1. The van der Waals surface area contributed by atoms with Crippen LogP contribution in [0.3, 0.4) is 0 Å². The van der Waals surface area contributed by atoms with Gasteiger partial charge in [-0.05, 0) is 25.0 Å². The van der Waals surface area contributed by atoms with E-state index in [-0.39, 0.29) is 18.4 Å². The Hall–Kier alpha value is -2.54. The van der Waals surface area contributed by atoms with E-state index in [4.69, 9.17) is 4.74 Å². The van der Waals surface area contributed by atoms with Gasteiger partial charge in [0.1, 0.15) is 12.4 Å². The number of rotatable bonds is 5. The number of nitrogens with zero attached hydrogens (tertiary/aromatic N) is 4.